The highest BCUT2D eigenvalue weighted by Crippen LogP contribution is 2.24. The van der Waals surface area contributed by atoms with Gasteiger partial charge < -0.3 is 20.6 Å². The molecule has 4 N–H and O–H groups in total. The first kappa shape index (κ1) is 13.3. The lowest BCUT2D eigenvalue weighted by molar-refractivity contribution is -0.137. The zero-order valence-electron chi connectivity index (χ0n) is 9.68. The molecule has 1 unspecified atom stereocenters. The van der Waals surface area contributed by atoms with Gasteiger partial charge in [-0.15, -0.1) is 0 Å². The molecule has 0 saturated heterocycles. The van der Waals surface area contributed by atoms with E-state index in [1.165, 1.54) is 6.07 Å². The molecule has 0 aliphatic rings. The summed E-state index contributed by atoms with van der Waals surface area (Å²) in [7, 11) is 0. The molecule has 0 aliphatic carbocycles. The highest BCUT2D eigenvalue weighted by atomic mass is 16.4. The second kappa shape index (κ2) is 6.10. The lowest BCUT2D eigenvalue weighted by Gasteiger charge is -2.14. The van der Waals surface area contributed by atoms with Crippen LogP contribution in [0.3, 0.4) is 0 Å². The lowest BCUT2D eigenvalue weighted by Crippen LogP contribution is -2.20. The van der Waals surface area contributed by atoms with Gasteiger partial charge in [-0.2, -0.15) is 0 Å². The number of carbonyl (C=O) groups is 1. The van der Waals surface area contributed by atoms with Gasteiger partial charge in [0.15, 0.2) is 0 Å². The van der Waals surface area contributed by atoms with Crippen molar-refractivity contribution in [3.8, 4) is 11.5 Å². The predicted molar refractivity (Wildman–Crippen MR) is 63.1 cm³/mol. The van der Waals surface area contributed by atoms with Crippen LogP contribution in [0.5, 0.6) is 11.5 Å². The third-order valence-electron chi connectivity index (χ3n) is 2.44. The minimum absolute atomic E-state index is 0.0131. The molecule has 0 aromatic heterocycles. The van der Waals surface area contributed by atoms with Crippen LogP contribution in [0.15, 0.2) is 18.2 Å². The molecule has 0 aliphatic heterocycles. The van der Waals surface area contributed by atoms with Gasteiger partial charge in [0.25, 0.3) is 0 Å². The number of hydrogen-bond acceptors (Lipinski definition) is 4. The molecule has 17 heavy (non-hydrogen) atoms. The molecule has 94 valence electrons. The standard InChI is InChI=1S/C12H17NO4/c1-8(13-4-2-3-12(16)17)9-5-10(14)7-11(15)6-9/h5-8,13-15H,2-4H2,1H3,(H,16,17). The average molecular weight is 239 g/mol. The Kier molecular flexibility index (Phi) is 4.78. The van der Waals surface area contributed by atoms with Gasteiger partial charge in [-0.3, -0.25) is 4.79 Å². The van der Waals surface area contributed by atoms with Gasteiger partial charge in [0, 0.05) is 18.5 Å². The number of rotatable bonds is 6. The molecule has 0 bridgehead atoms. The Morgan fingerprint density at radius 1 is 1.29 bits per heavy atom. The minimum Gasteiger partial charge on any atom is -0.508 e. The first-order valence-electron chi connectivity index (χ1n) is 5.47. The van der Waals surface area contributed by atoms with Crippen LogP contribution in [0.2, 0.25) is 0 Å². The molecule has 0 saturated carbocycles. The Morgan fingerprint density at radius 2 is 1.88 bits per heavy atom. The van der Waals surface area contributed by atoms with Gasteiger partial charge in [-0.25, -0.2) is 0 Å². The van der Waals surface area contributed by atoms with Gasteiger partial charge >= 0.3 is 5.97 Å². The Morgan fingerprint density at radius 3 is 2.41 bits per heavy atom. The topological polar surface area (TPSA) is 89.8 Å². The lowest BCUT2D eigenvalue weighted by atomic mass is 10.1. The number of carboxylic acids is 1. The summed E-state index contributed by atoms with van der Waals surface area (Å²) in [4.78, 5) is 10.3. The summed E-state index contributed by atoms with van der Waals surface area (Å²) >= 11 is 0. The first-order chi connectivity index (χ1) is 7.99. The summed E-state index contributed by atoms with van der Waals surface area (Å²) in [6.45, 7) is 2.46. The molecule has 0 radical (unpaired) electrons. The first-order valence-corrected chi connectivity index (χ1v) is 5.47. The third kappa shape index (κ3) is 4.74. The number of benzene rings is 1. The van der Waals surface area contributed by atoms with Crippen LogP contribution in [0.1, 0.15) is 31.4 Å². The van der Waals surface area contributed by atoms with Crippen molar-refractivity contribution >= 4 is 5.97 Å². The van der Waals surface area contributed by atoms with Crippen molar-refractivity contribution < 1.29 is 20.1 Å². The number of phenols is 2. The maximum atomic E-state index is 10.3. The van der Waals surface area contributed by atoms with Crippen LogP contribution in [-0.2, 0) is 4.79 Å². The highest BCUT2D eigenvalue weighted by Gasteiger charge is 2.07. The quantitative estimate of drug-likeness (QED) is 0.566. The largest absolute Gasteiger partial charge is 0.508 e. The fourth-order valence-electron chi connectivity index (χ4n) is 1.54. The van der Waals surface area contributed by atoms with E-state index in [0.717, 1.165) is 5.56 Å². The Hall–Kier alpha value is -1.75. The molecule has 1 atom stereocenters. The van der Waals surface area contributed by atoms with Gasteiger partial charge in [-0.1, -0.05) is 0 Å². The van der Waals surface area contributed by atoms with Crippen molar-refractivity contribution in [3.05, 3.63) is 23.8 Å². The van der Waals surface area contributed by atoms with E-state index in [-0.39, 0.29) is 24.0 Å². The van der Waals surface area contributed by atoms with Crippen molar-refractivity contribution in [2.75, 3.05) is 6.54 Å². The molecule has 5 nitrogen and oxygen atoms in total. The number of aliphatic carboxylic acids is 1. The number of hydrogen-bond donors (Lipinski definition) is 4. The van der Waals surface area contributed by atoms with Crippen molar-refractivity contribution in [1.82, 2.24) is 5.32 Å². The fourth-order valence-corrected chi connectivity index (χ4v) is 1.54. The molecule has 0 amide bonds. The van der Waals surface area contributed by atoms with Crippen LogP contribution in [0.25, 0.3) is 0 Å². The molecule has 0 fully saturated rings. The zero-order valence-corrected chi connectivity index (χ0v) is 9.68. The smallest absolute Gasteiger partial charge is 0.303 e. The fraction of sp³-hybridized carbons (Fsp3) is 0.417. The van der Waals surface area contributed by atoms with E-state index >= 15 is 0 Å². The van der Waals surface area contributed by atoms with Crippen molar-refractivity contribution in [1.29, 1.82) is 0 Å². The van der Waals surface area contributed by atoms with Crippen LogP contribution in [-0.4, -0.2) is 27.8 Å². The second-order valence-electron chi connectivity index (χ2n) is 3.96. The van der Waals surface area contributed by atoms with Crippen LogP contribution >= 0.6 is 0 Å². The monoisotopic (exact) mass is 239 g/mol. The van der Waals surface area contributed by atoms with Gasteiger partial charge in [0.1, 0.15) is 11.5 Å². The van der Waals surface area contributed by atoms with Crippen molar-refractivity contribution in [2.24, 2.45) is 0 Å². The van der Waals surface area contributed by atoms with E-state index in [1.54, 1.807) is 12.1 Å². The van der Waals surface area contributed by atoms with Crippen LogP contribution in [0, 0.1) is 0 Å². The molecule has 5 heteroatoms. The van der Waals surface area contributed by atoms with Crippen LogP contribution in [0.4, 0.5) is 0 Å². The highest BCUT2D eigenvalue weighted by molar-refractivity contribution is 5.66. The molecule has 0 spiro atoms. The Balaban J connectivity index is 2.46. The number of aromatic hydroxyl groups is 2. The van der Waals surface area contributed by atoms with Crippen molar-refractivity contribution in [3.63, 3.8) is 0 Å². The zero-order chi connectivity index (χ0) is 12.8. The Labute approximate surface area is 99.7 Å². The molecule has 0 heterocycles. The van der Waals surface area contributed by atoms with E-state index in [0.29, 0.717) is 13.0 Å². The summed E-state index contributed by atoms with van der Waals surface area (Å²) in [5, 5.41) is 30.2. The van der Waals surface area contributed by atoms with Gasteiger partial charge in [0.05, 0.1) is 0 Å². The van der Waals surface area contributed by atoms with Gasteiger partial charge in [-0.05, 0) is 37.6 Å². The van der Waals surface area contributed by atoms with Gasteiger partial charge in [0.2, 0.25) is 0 Å². The normalized spacial score (nSPS) is 12.3. The number of nitrogens with one attached hydrogen (secondary N) is 1. The van der Waals surface area contributed by atoms with E-state index in [2.05, 4.69) is 5.32 Å². The maximum Gasteiger partial charge on any atom is 0.303 e. The van der Waals surface area contributed by atoms with E-state index in [1.807, 2.05) is 6.92 Å². The average Bonchev–Trinajstić information content (AvgIpc) is 2.22. The van der Waals surface area contributed by atoms with E-state index in [4.69, 9.17) is 5.11 Å². The van der Waals surface area contributed by atoms with E-state index in [9.17, 15) is 15.0 Å². The number of phenolic OH excluding ortho intramolecular Hbond substituents is 2. The molecular formula is C12H17NO4. The summed E-state index contributed by atoms with van der Waals surface area (Å²) in [6, 6.07) is 4.34. The summed E-state index contributed by atoms with van der Waals surface area (Å²) in [6.07, 6.45) is 0.676. The predicted octanol–water partition coefficient (Wildman–Crippen LogP) is 1.61. The minimum atomic E-state index is -0.811. The Bertz CT molecular complexity index is 372. The number of carboxylic acid groups (broad SMARTS) is 1. The SMILES string of the molecule is CC(NCCCC(=O)O)c1cc(O)cc(O)c1. The third-order valence-corrected chi connectivity index (χ3v) is 2.44. The van der Waals surface area contributed by atoms with E-state index < -0.39 is 5.97 Å². The molecular weight excluding hydrogens is 222 g/mol. The summed E-state index contributed by atoms with van der Waals surface area (Å²) in [5.74, 6) is -0.784. The maximum absolute atomic E-state index is 10.3. The van der Waals surface area contributed by atoms with Crippen LogP contribution < -0.4 is 5.32 Å². The summed E-state index contributed by atoms with van der Waals surface area (Å²) in [5.41, 5.74) is 0.762. The molecule has 1 aromatic carbocycles. The molecule has 1 rings (SSSR count). The second-order valence-corrected chi connectivity index (χ2v) is 3.96. The summed E-state index contributed by atoms with van der Waals surface area (Å²) < 4.78 is 0. The van der Waals surface area contributed by atoms with Crippen molar-refractivity contribution in [2.45, 2.75) is 25.8 Å². The molecule has 1 aromatic rings.